The van der Waals surface area contributed by atoms with Crippen molar-refractivity contribution < 1.29 is 31.3 Å². The van der Waals surface area contributed by atoms with E-state index in [0.29, 0.717) is 33.9 Å². The van der Waals surface area contributed by atoms with E-state index in [0.717, 1.165) is 17.7 Å². The number of amides is 1. The van der Waals surface area contributed by atoms with Gasteiger partial charge in [-0.15, -0.1) is 0 Å². The lowest BCUT2D eigenvalue weighted by atomic mass is 9.99. The number of aryl methyl sites for hydroxylation is 1. The molecule has 3 aromatic rings. The first-order chi connectivity index (χ1) is 17.2. The maximum atomic E-state index is 13.9. The Morgan fingerprint density at radius 3 is 2.59 bits per heavy atom. The molecule has 4 rings (SSSR count). The normalized spacial score (nSPS) is 16.1. The first-order valence-electron chi connectivity index (χ1n) is 11.2. The van der Waals surface area contributed by atoms with Gasteiger partial charge < -0.3 is 15.4 Å². The van der Waals surface area contributed by atoms with Crippen LogP contribution in [0.5, 0.6) is 5.75 Å². The number of aromatic nitrogens is 2. The van der Waals surface area contributed by atoms with Crippen LogP contribution in [-0.4, -0.2) is 50.9 Å². The monoisotopic (exact) mass is 539 g/mol. The number of fused-ring (bicyclic) bond motifs is 1. The van der Waals surface area contributed by atoms with E-state index in [9.17, 15) is 26.6 Å². The van der Waals surface area contributed by atoms with Gasteiger partial charge in [-0.05, 0) is 42.2 Å². The third-order valence-electron chi connectivity index (χ3n) is 5.47. The molecule has 0 bridgehead atoms. The third-order valence-corrected chi connectivity index (χ3v) is 8.47. The van der Waals surface area contributed by atoms with E-state index in [4.69, 9.17) is 4.74 Å². The highest BCUT2D eigenvalue weighted by Crippen LogP contribution is 2.37. The fourth-order valence-corrected chi connectivity index (χ4v) is 7.17. The summed E-state index contributed by atoms with van der Waals surface area (Å²) >= 11 is 0. The number of halogens is 4. The summed E-state index contributed by atoms with van der Waals surface area (Å²) in [6, 6.07) is 7.00. The van der Waals surface area contributed by atoms with E-state index < -0.39 is 40.8 Å². The van der Waals surface area contributed by atoms with Gasteiger partial charge in [0, 0.05) is 23.0 Å². The highest BCUT2D eigenvalue weighted by atomic mass is 32.2. The van der Waals surface area contributed by atoms with Gasteiger partial charge in [-0.2, -0.15) is 17.5 Å². The summed E-state index contributed by atoms with van der Waals surface area (Å²) in [5.41, 5.74) is 2.06. The minimum absolute atomic E-state index is 0.000320. The number of hydrogen-bond acceptors (Lipinski definition) is 7. The van der Waals surface area contributed by atoms with E-state index in [1.807, 2.05) is 20.8 Å². The summed E-state index contributed by atoms with van der Waals surface area (Å²) in [7, 11) is -2.31. The number of alkyl halides is 3. The molecule has 198 valence electrons. The molecule has 13 heteroatoms. The maximum Gasteiger partial charge on any atom is 0.405 e. The lowest BCUT2D eigenvalue weighted by Gasteiger charge is -2.37. The number of hydrogen-bond donors (Lipinski definition) is 2. The minimum atomic E-state index is -4.57. The fourth-order valence-electron chi connectivity index (χ4n) is 4.20. The zero-order valence-corrected chi connectivity index (χ0v) is 21.1. The molecule has 1 amide bonds. The molecule has 0 saturated carbocycles. The Hall–Kier alpha value is -3.48. The molecule has 0 aliphatic carbocycles. The van der Waals surface area contributed by atoms with Gasteiger partial charge in [0.2, 0.25) is 0 Å². The lowest BCUT2D eigenvalue weighted by molar-refractivity contribution is -0.139. The first-order valence-corrected chi connectivity index (χ1v) is 13.1. The number of rotatable bonds is 7. The number of benzene rings is 2. The van der Waals surface area contributed by atoms with Crippen LogP contribution in [0.15, 0.2) is 41.0 Å². The summed E-state index contributed by atoms with van der Waals surface area (Å²) in [6.07, 6.45) is -3.25. The number of ether oxygens (including phenoxy) is 1. The summed E-state index contributed by atoms with van der Waals surface area (Å²) in [4.78, 5) is 20.3. The Balaban J connectivity index is 1.58. The number of anilines is 2. The molecule has 2 aromatic carbocycles. The van der Waals surface area contributed by atoms with E-state index in [1.165, 1.54) is 12.4 Å². The van der Waals surface area contributed by atoms with Gasteiger partial charge in [0.05, 0.1) is 26.6 Å². The molecular formula is C24H25F4N5O3S. The molecule has 1 aromatic heterocycles. The third kappa shape index (κ3) is 6.64. The molecule has 0 atom stereocenters. The molecule has 1 aliphatic heterocycles. The van der Waals surface area contributed by atoms with Crippen LogP contribution in [0.1, 0.15) is 19.4 Å². The predicted molar refractivity (Wildman–Crippen MR) is 132 cm³/mol. The second kappa shape index (κ2) is 9.77. The van der Waals surface area contributed by atoms with Gasteiger partial charge in [-0.3, -0.25) is 4.79 Å². The maximum absolute atomic E-state index is 13.9. The molecule has 1 aliphatic rings. The van der Waals surface area contributed by atoms with Gasteiger partial charge in [0.25, 0.3) is 5.91 Å². The smallest absolute Gasteiger partial charge is 0.405 e. The standard InChI is InChI=1S/C24H25F4N5O3S/c1-14-6-16(33-37(35)11-23(2,3)12-37)8-18-21(14)22(31-13-30-18)32-17-5-4-15(25)7-19(17)36-9-20(34)29-10-24(26,27)28/h4-8,13H,9-12H2,1-3H3,(H,29,34)(H,30,31,32). The molecule has 1 fully saturated rings. The van der Waals surface area contributed by atoms with Crippen molar-refractivity contribution in [1.82, 2.24) is 15.3 Å². The van der Waals surface area contributed by atoms with E-state index in [-0.39, 0.29) is 16.9 Å². The average Bonchev–Trinajstić information content (AvgIpc) is 2.75. The Kier molecular flexibility index (Phi) is 7.01. The molecular weight excluding hydrogens is 514 g/mol. The van der Waals surface area contributed by atoms with Crippen LogP contribution in [0.3, 0.4) is 0 Å². The van der Waals surface area contributed by atoms with Crippen molar-refractivity contribution in [3.63, 3.8) is 0 Å². The van der Waals surface area contributed by atoms with Gasteiger partial charge in [0.15, 0.2) is 6.61 Å². The second-order valence-corrected chi connectivity index (χ2v) is 11.9. The van der Waals surface area contributed by atoms with Gasteiger partial charge >= 0.3 is 6.18 Å². The first kappa shape index (κ1) is 26.6. The van der Waals surface area contributed by atoms with Crippen molar-refractivity contribution in [2.45, 2.75) is 26.9 Å². The van der Waals surface area contributed by atoms with Crippen molar-refractivity contribution >= 4 is 43.7 Å². The SMILES string of the molecule is Cc1cc(N=S2(=O)CC(C)(C)C2)cc2ncnc(Nc3ccc(F)cc3OCC(=O)NCC(F)(F)F)c12. The highest BCUT2D eigenvalue weighted by molar-refractivity contribution is 7.95. The van der Waals surface area contributed by atoms with Crippen molar-refractivity contribution in [3.8, 4) is 5.75 Å². The lowest BCUT2D eigenvalue weighted by Crippen LogP contribution is -2.43. The van der Waals surface area contributed by atoms with Gasteiger partial charge in [-0.1, -0.05) is 13.8 Å². The summed E-state index contributed by atoms with van der Waals surface area (Å²) < 4.78 is 73.5. The largest absolute Gasteiger partial charge is 0.481 e. The molecule has 8 nitrogen and oxygen atoms in total. The minimum Gasteiger partial charge on any atom is -0.481 e. The second-order valence-electron chi connectivity index (χ2n) is 9.64. The summed E-state index contributed by atoms with van der Waals surface area (Å²) in [6.45, 7) is 3.66. The molecule has 0 radical (unpaired) electrons. The Labute approximate surface area is 211 Å². The zero-order chi connectivity index (χ0) is 27.0. The molecule has 0 spiro atoms. The van der Waals surface area contributed by atoms with E-state index >= 15 is 0 Å². The quantitative estimate of drug-likeness (QED) is 0.409. The van der Waals surface area contributed by atoms with Crippen LogP contribution < -0.4 is 15.4 Å². The van der Waals surface area contributed by atoms with Crippen molar-refractivity contribution in [2.24, 2.45) is 9.78 Å². The van der Waals surface area contributed by atoms with Crippen LogP contribution in [0, 0.1) is 18.2 Å². The Bertz CT molecular complexity index is 1470. The summed E-state index contributed by atoms with van der Waals surface area (Å²) in [5.74, 6) is -0.381. The fraction of sp³-hybridized carbons (Fsp3) is 0.375. The highest BCUT2D eigenvalue weighted by Gasteiger charge is 2.38. The number of nitrogens with one attached hydrogen (secondary N) is 2. The Morgan fingerprint density at radius 1 is 1.19 bits per heavy atom. The number of carbonyl (C=O) groups is 1. The predicted octanol–water partition coefficient (Wildman–Crippen LogP) is 5.02. The zero-order valence-electron chi connectivity index (χ0n) is 20.3. The van der Waals surface area contributed by atoms with Gasteiger partial charge in [0.1, 0.15) is 30.3 Å². The van der Waals surface area contributed by atoms with Crippen LogP contribution in [-0.2, 0) is 14.5 Å². The summed E-state index contributed by atoms with van der Waals surface area (Å²) in [5, 5.41) is 5.34. The molecule has 2 N–H and O–H groups in total. The van der Waals surface area contributed by atoms with Crippen LogP contribution in [0.4, 0.5) is 34.8 Å². The molecule has 0 unspecified atom stereocenters. The van der Waals surface area contributed by atoms with Gasteiger partial charge in [-0.25, -0.2) is 18.6 Å². The van der Waals surface area contributed by atoms with Crippen LogP contribution >= 0.6 is 0 Å². The molecule has 2 heterocycles. The van der Waals surface area contributed by atoms with E-state index in [2.05, 4.69) is 19.6 Å². The number of nitrogens with zero attached hydrogens (tertiary/aromatic N) is 3. The van der Waals surface area contributed by atoms with Crippen LogP contribution in [0.25, 0.3) is 10.9 Å². The van der Waals surface area contributed by atoms with Crippen LogP contribution in [0.2, 0.25) is 0 Å². The molecule has 37 heavy (non-hydrogen) atoms. The average molecular weight is 540 g/mol. The Morgan fingerprint density at radius 2 is 1.92 bits per heavy atom. The topological polar surface area (TPSA) is 106 Å². The number of carbonyl (C=O) groups excluding carboxylic acids is 1. The van der Waals surface area contributed by atoms with Crippen molar-refractivity contribution in [2.75, 3.05) is 30.0 Å². The van der Waals surface area contributed by atoms with Crippen molar-refractivity contribution in [1.29, 1.82) is 0 Å². The van der Waals surface area contributed by atoms with Crippen molar-refractivity contribution in [3.05, 3.63) is 48.0 Å². The molecule has 1 saturated heterocycles. The van der Waals surface area contributed by atoms with E-state index in [1.54, 1.807) is 17.4 Å².